The molecule has 0 spiro atoms. The van der Waals surface area contributed by atoms with Crippen molar-refractivity contribution in [2.45, 2.75) is 46.5 Å². The fourth-order valence-electron chi connectivity index (χ4n) is 3.35. The lowest BCUT2D eigenvalue weighted by atomic mass is 9.70. The van der Waals surface area contributed by atoms with Crippen molar-refractivity contribution in [1.82, 2.24) is 0 Å². The topological polar surface area (TPSA) is 98.5 Å². The zero-order chi connectivity index (χ0) is 20.2. The van der Waals surface area contributed by atoms with Gasteiger partial charge in [0.1, 0.15) is 0 Å². The van der Waals surface area contributed by atoms with Crippen molar-refractivity contribution in [3.8, 4) is 0 Å². The average Bonchev–Trinajstić information content (AvgIpc) is 2.60. The van der Waals surface area contributed by atoms with E-state index in [2.05, 4.69) is 26.1 Å². The third-order valence-corrected chi connectivity index (χ3v) is 5.38. The molecule has 2 rings (SSSR count). The van der Waals surface area contributed by atoms with E-state index >= 15 is 0 Å². The summed E-state index contributed by atoms with van der Waals surface area (Å²) in [5.74, 6) is -0.469. The van der Waals surface area contributed by atoms with Crippen molar-refractivity contribution in [2.24, 2.45) is 17.3 Å². The molecule has 0 saturated heterocycles. The number of non-ortho nitro benzene ring substituents is 1. The molecule has 1 aromatic rings. The number of nitro benzene ring substituents is 1. The fourth-order valence-corrected chi connectivity index (χ4v) is 3.58. The van der Waals surface area contributed by atoms with Crippen LogP contribution in [0.4, 0.5) is 11.4 Å². The van der Waals surface area contributed by atoms with Gasteiger partial charge in [-0.15, -0.1) is 0 Å². The number of hydrogen-bond acceptors (Lipinski definition) is 5. The molecule has 148 valence electrons. The van der Waals surface area contributed by atoms with E-state index < -0.39 is 17.4 Å². The number of hydrogen-bond donors (Lipinski definition) is 1. The van der Waals surface area contributed by atoms with Gasteiger partial charge >= 0.3 is 5.97 Å². The van der Waals surface area contributed by atoms with Gasteiger partial charge in [-0.2, -0.15) is 0 Å². The second-order valence-corrected chi connectivity index (χ2v) is 8.40. The first-order valence-corrected chi connectivity index (χ1v) is 9.36. The van der Waals surface area contributed by atoms with Gasteiger partial charge in [0, 0.05) is 12.1 Å². The number of carbonyl (C=O) groups excluding carboxylic acids is 2. The summed E-state index contributed by atoms with van der Waals surface area (Å²) in [5.41, 5.74) is 0.294. The number of nitro groups is 1. The molecule has 1 N–H and O–H groups in total. The average molecular weight is 397 g/mol. The lowest BCUT2D eigenvalue weighted by Crippen LogP contribution is -2.31. The molecule has 27 heavy (non-hydrogen) atoms. The highest BCUT2D eigenvalue weighted by atomic mass is 35.5. The minimum Gasteiger partial charge on any atom is -0.455 e. The highest BCUT2D eigenvalue weighted by molar-refractivity contribution is 6.34. The normalized spacial score (nSPS) is 20.0. The quantitative estimate of drug-likeness (QED) is 0.446. The van der Waals surface area contributed by atoms with Gasteiger partial charge < -0.3 is 10.1 Å². The van der Waals surface area contributed by atoms with Crippen LogP contribution in [0.15, 0.2) is 18.2 Å². The van der Waals surface area contributed by atoms with E-state index in [0.717, 1.165) is 31.7 Å². The minimum atomic E-state index is -0.576. The number of rotatable bonds is 5. The number of anilines is 1. The molecule has 1 aliphatic carbocycles. The summed E-state index contributed by atoms with van der Waals surface area (Å²) in [6.07, 6.45) is 3.51. The summed E-state index contributed by atoms with van der Waals surface area (Å²) >= 11 is 5.93. The molecule has 0 heterocycles. The number of esters is 1. The van der Waals surface area contributed by atoms with Crippen LogP contribution in [-0.2, 0) is 14.3 Å². The summed E-state index contributed by atoms with van der Waals surface area (Å²) in [4.78, 5) is 34.3. The van der Waals surface area contributed by atoms with E-state index in [4.69, 9.17) is 16.3 Å². The van der Waals surface area contributed by atoms with E-state index in [1.807, 2.05) is 0 Å². The fraction of sp³-hybridized carbons (Fsp3) is 0.579. The summed E-state index contributed by atoms with van der Waals surface area (Å²) in [6.45, 7) is 6.23. The minimum absolute atomic E-state index is 0.0457. The van der Waals surface area contributed by atoms with Gasteiger partial charge in [0.15, 0.2) is 6.61 Å². The Kier molecular flexibility index (Phi) is 6.81. The first-order chi connectivity index (χ1) is 12.6. The zero-order valence-corrected chi connectivity index (χ0v) is 16.5. The van der Waals surface area contributed by atoms with E-state index in [0.29, 0.717) is 5.92 Å². The Hall–Kier alpha value is -2.15. The van der Waals surface area contributed by atoms with Crippen LogP contribution in [0.2, 0.25) is 5.02 Å². The second kappa shape index (κ2) is 8.69. The number of halogens is 1. The second-order valence-electron chi connectivity index (χ2n) is 7.99. The van der Waals surface area contributed by atoms with E-state index in [9.17, 15) is 19.7 Å². The summed E-state index contributed by atoms with van der Waals surface area (Å²) in [7, 11) is 0. The van der Waals surface area contributed by atoms with Gasteiger partial charge in [-0.25, -0.2) is 0 Å². The molecule has 0 atom stereocenters. The molecule has 1 aromatic carbocycles. The Morgan fingerprint density at radius 2 is 1.89 bits per heavy atom. The predicted molar refractivity (Wildman–Crippen MR) is 103 cm³/mol. The Morgan fingerprint density at radius 1 is 1.26 bits per heavy atom. The summed E-state index contributed by atoms with van der Waals surface area (Å²) < 4.78 is 5.14. The van der Waals surface area contributed by atoms with Gasteiger partial charge in [-0.05, 0) is 43.1 Å². The summed E-state index contributed by atoms with van der Waals surface area (Å²) in [5, 5.41) is 13.2. The molecule has 1 fully saturated rings. The molecule has 0 bridgehead atoms. The van der Waals surface area contributed by atoms with E-state index in [1.54, 1.807) is 0 Å². The maximum Gasteiger partial charge on any atom is 0.309 e. The van der Waals surface area contributed by atoms with Crippen molar-refractivity contribution < 1.29 is 19.2 Å². The summed E-state index contributed by atoms with van der Waals surface area (Å²) in [6, 6.07) is 3.73. The van der Waals surface area contributed by atoms with Crippen molar-refractivity contribution >= 4 is 34.9 Å². The maximum absolute atomic E-state index is 12.2. The molecule has 0 aromatic heterocycles. The highest BCUT2D eigenvalue weighted by Gasteiger charge is 2.33. The Labute approximate surface area is 163 Å². The number of carbonyl (C=O) groups is 2. The number of nitrogens with zero attached hydrogens (tertiary/aromatic N) is 1. The Balaban J connectivity index is 1.80. The van der Waals surface area contributed by atoms with Gasteiger partial charge in [-0.1, -0.05) is 32.4 Å². The molecule has 7 nitrogen and oxygen atoms in total. The van der Waals surface area contributed by atoms with Crippen molar-refractivity contribution in [2.75, 3.05) is 11.9 Å². The molecule has 1 amide bonds. The van der Waals surface area contributed by atoms with Crippen LogP contribution in [-0.4, -0.2) is 23.4 Å². The smallest absolute Gasteiger partial charge is 0.309 e. The van der Waals surface area contributed by atoms with Crippen LogP contribution in [0.3, 0.4) is 0 Å². The molecular weight excluding hydrogens is 372 g/mol. The van der Waals surface area contributed by atoms with E-state index in [-0.39, 0.29) is 33.7 Å². The Morgan fingerprint density at radius 3 is 2.41 bits per heavy atom. The number of nitrogens with one attached hydrogen (secondary N) is 1. The van der Waals surface area contributed by atoms with Crippen LogP contribution < -0.4 is 5.32 Å². The molecule has 0 aliphatic heterocycles. The van der Waals surface area contributed by atoms with Gasteiger partial charge in [0.05, 0.1) is 21.6 Å². The number of benzene rings is 1. The van der Waals surface area contributed by atoms with Crippen molar-refractivity contribution in [1.29, 1.82) is 0 Å². The number of ether oxygens (including phenoxy) is 1. The van der Waals surface area contributed by atoms with Gasteiger partial charge in [0.25, 0.3) is 11.6 Å². The monoisotopic (exact) mass is 396 g/mol. The lowest BCUT2D eigenvalue weighted by Gasteiger charge is -2.36. The largest absolute Gasteiger partial charge is 0.455 e. The third-order valence-electron chi connectivity index (χ3n) is 5.07. The van der Waals surface area contributed by atoms with Gasteiger partial charge in [0.2, 0.25) is 0 Å². The molecule has 0 unspecified atom stereocenters. The van der Waals surface area contributed by atoms with E-state index in [1.165, 1.54) is 12.1 Å². The maximum atomic E-state index is 12.2. The molecule has 1 aliphatic rings. The Bertz CT molecular complexity index is 721. The first kappa shape index (κ1) is 21.2. The lowest BCUT2D eigenvalue weighted by molar-refractivity contribution is -0.384. The standard InChI is InChI=1S/C19H25ClN2O5/c1-19(2,3)13-6-4-12(5-7-13)18(24)27-11-17(23)21-16-9-8-14(22(25)26)10-15(16)20/h8-10,12-13H,4-7,11H2,1-3H3,(H,21,23). The molecular formula is C19H25ClN2O5. The van der Waals surface area contributed by atoms with Crippen LogP contribution in [0.25, 0.3) is 0 Å². The van der Waals surface area contributed by atoms with Crippen LogP contribution in [0, 0.1) is 27.4 Å². The highest BCUT2D eigenvalue weighted by Crippen LogP contribution is 2.40. The first-order valence-electron chi connectivity index (χ1n) is 8.98. The van der Waals surface area contributed by atoms with Gasteiger partial charge in [-0.3, -0.25) is 19.7 Å². The third kappa shape index (κ3) is 5.92. The molecule has 0 radical (unpaired) electrons. The SMILES string of the molecule is CC(C)(C)C1CCC(C(=O)OCC(=O)Nc2ccc([N+](=O)[O-])cc2Cl)CC1. The van der Waals surface area contributed by atoms with Crippen LogP contribution in [0.5, 0.6) is 0 Å². The van der Waals surface area contributed by atoms with Crippen LogP contribution in [0.1, 0.15) is 46.5 Å². The van der Waals surface area contributed by atoms with Crippen LogP contribution >= 0.6 is 11.6 Å². The number of amides is 1. The van der Waals surface area contributed by atoms with Crippen molar-refractivity contribution in [3.05, 3.63) is 33.3 Å². The molecule has 1 saturated carbocycles. The zero-order valence-electron chi connectivity index (χ0n) is 15.8. The molecule has 8 heteroatoms. The predicted octanol–water partition coefficient (Wildman–Crippen LogP) is 4.58. The van der Waals surface area contributed by atoms with Crippen molar-refractivity contribution in [3.63, 3.8) is 0 Å².